The third-order valence-electron chi connectivity index (χ3n) is 8.00. The van der Waals surface area contributed by atoms with Crippen LogP contribution in [0.4, 0.5) is 0 Å². The van der Waals surface area contributed by atoms with E-state index in [4.69, 9.17) is 5.11 Å². The summed E-state index contributed by atoms with van der Waals surface area (Å²) in [6, 6.07) is 0. The van der Waals surface area contributed by atoms with Gasteiger partial charge in [-0.25, -0.2) is 0 Å². The molecule has 4 aliphatic carbocycles. The molecule has 0 heterocycles. The number of hydrogen-bond acceptors (Lipinski definition) is 3. The highest BCUT2D eigenvalue weighted by Gasteiger charge is 2.59. The van der Waals surface area contributed by atoms with Crippen molar-refractivity contribution in [2.45, 2.75) is 71.6 Å². The van der Waals surface area contributed by atoms with E-state index in [9.17, 15) is 9.59 Å². The van der Waals surface area contributed by atoms with Gasteiger partial charge in [-0.3, -0.25) is 9.59 Å². The van der Waals surface area contributed by atoms with Crippen LogP contribution in [0, 0.1) is 34.5 Å². The molecule has 0 saturated heterocycles. The van der Waals surface area contributed by atoms with Gasteiger partial charge in [0.1, 0.15) is 11.6 Å². The smallest absolute Gasteiger partial charge is 0.139 e. The van der Waals surface area contributed by atoms with Crippen LogP contribution in [-0.2, 0) is 9.59 Å². The number of Topliss-reactive ketones (excluding diaryl/α,β-unsaturated/α-hetero) is 2. The lowest BCUT2D eigenvalue weighted by molar-refractivity contribution is -0.140. The average Bonchev–Trinajstić information content (AvgIpc) is 2.84. The second-order valence-electron chi connectivity index (χ2n) is 8.91. The molecule has 130 valence electrons. The first-order chi connectivity index (χ1) is 10.9. The van der Waals surface area contributed by atoms with Crippen LogP contribution in [0.25, 0.3) is 0 Å². The van der Waals surface area contributed by atoms with Gasteiger partial charge in [-0.1, -0.05) is 13.8 Å². The molecule has 0 aromatic heterocycles. The zero-order chi connectivity index (χ0) is 16.8. The molecular weight excluding hydrogens is 288 g/mol. The molecule has 0 radical (unpaired) electrons. The zero-order valence-corrected chi connectivity index (χ0v) is 14.9. The van der Waals surface area contributed by atoms with Gasteiger partial charge in [-0.05, 0) is 67.6 Å². The maximum atomic E-state index is 12.3. The third-order valence-corrected chi connectivity index (χ3v) is 8.00. The summed E-state index contributed by atoms with van der Waals surface area (Å²) in [5, 5.41) is 7.00. The molecule has 3 heteroatoms. The number of carbonyl (C=O) groups excluding carboxylic acids is 2. The molecule has 23 heavy (non-hydrogen) atoms. The first-order valence-corrected chi connectivity index (χ1v) is 9.44. The lowest BCUT2D eigenvalue weighted by Gasteiger charge is -2.57. The fourth-order valence-corrected chi connectivity index (χ4v) is 6.84. The van der Waals surface area contributed by atoms with Crippen molar-refractivity contribution in [1.29, 1.82) is 0 Å². The van der Waals surface area contributed by atoms with Crippen LogP contribution in [0.15, 0.2) is 0 Å². The molecule has 0 aromatic carbocycles. The van der Waals surface area contributed by atoms with E-state index in [1.165, 1.54) is 19.3 Å². The van der Waals surface area contributed by atoms with Gasteiger partial charge in [-0.15, -0.1) is 0 Å². The Kier molecular flexibility index (Phi) is 4.46. The van der Waals surface area contributed by atoms with Crippen LogP contribution in [0.2, 0.25) is 0 Å². The fraction of sp³-hybridized carbons (Fsp3) is 0.900. The third kappa shape index (κ3) is 2.50. The quantitative estimate of drug-likeness (QED) is 0.739. The van der Waals surface area contributed by atoms with Gasteiger partial charge in [0, 0.05) is 31.8 Å². The van der Waals surface area contributed by atoms with E-state index in [0.29, 0.717) is 17.5 Å². The number of hydrogen-bond donors (Lipinski definition) is 1. The van der Waals surface area contributed by atoms with Gasteiger partial charge in [0.25, 0.3) is 0 Å². The van der Waals surface area contributed by atoms with Gasteiger partial charge in [0.2, 0.25) is 0 Å². The van der Waals surface area contributed by atoms with E-state index in [1.807, 2.05) is 0 Å². The monoisotopic (exact) mass is 320 g/mol. The van der Waals surface area contributed by atoms with Crippen molar-refractivity contribution in [3.63, 3.8) is 0 Å². The largest absolute Gasteiger partial charge is 0.400 e. The van der Waals surface area contributed by atoms with Crippen molar-refractivity contribution in [1.82, 2.24) is 0 Å². The molecule has 1 N–H and O–H groups in total. The second kappa shape index (κ2) is 5.98. The molecule has 4 rings (SSSR count). The first kappa shape index (κ1) is 17.1. The van der Waals surface area contributed by atoms with Crippen molar-refractivity contribution in [2.24, 2.45) is 34.5 Å². The Morgan fingerprint density at radius 2 is 1.48 bits per heavy atom. The van der Waals surface area contributed by atoms with Crippen LogP contribution >= 0.6 is 0 Å². The highest BCUT2D eigenvalue weighted by Crippen LogP contribution is 2.63. The minimum absolute atomic E-state index is 0.000601. The summed E-state index contributed by atoms with van der Waals surface area (Å²) < 4.78 is 0. The molecule has 4 fully saturated rings. The summed E-state index contributed by atoms with van der Waals surface area (Å²) in [6.45, 7) is 4.62. The average molecular weight is 320 g/mol. The van der Waals surface area contributed by atoms with Crippen molar-refractivity contribution in [3.05, 3.63) is 0 Å². The van der Waals surface area contributed by atoms with Gasteiger partial charge in [-0.2, -0.15) is 0 Å². The lowest BCUT2D eigenvalue weighted by atomic mass is 9.47. The van der Waals surface area contributed by atoms with Gasteiger partial charge < -0.3 is 5.11 Å². The molecule has 0 bridgehead atoms. The van der Waals surface area contributed by atoms with Crippen molar-refractivity contribution >= 4 is 11.6 Å². The number of ketones is 2. The van der Waals surface area contributed by atoms with Crippen molar-refractivity contribution < 1.29 is 14.7 Å². The molecule has 4 aliphatic rings. The topological polar surface area (TPSA) is 54.4 Å². The molecule has 6 atom stereocenters. The number of fused-ring (bicyclic) bond motifs is 5. The van der Waals surface area contributed by atoms with E-state index in [-0.39, 0.29) is 10.8 Å². The molecule has 0 aromatic rings. The number of aliphatic hydroxyl groups is 1. The molecule has 4 saturated carbocycles. The van der Waals surface area contributed by atoms with Crippen LogP contribution < -0.4 is 0 Å². The minimum Gasteiger partial charge on any atom is -0.400 e. The van der Waals surface area contributed by atoms with E-state index in [0.717, 1.165) is 63.4 Å². The normalized spacial score (nSPS) is 48.7. The summed E-state index contributed by atoms with van der Waals surface area (Å²) >= 11 is 0. The zero-order valence-electron chi connectivity index (χ0n) is 14.9. The fourth-order valence-electron chi connectivity index (χ4n) is 6.84. The minimum atomic E-state index is -0.000601. The molecule has 3 nitrogen and oxygen atoms in total. The van der Waals surface area contributed by atoms with E-state index in [1.54, 1.807) is 0 Å². The summed E-state index contributed by atoms with van der Waals surface area (Å²) in [5.41, 5.74) is 0.270. The summed E-state index contributed by atoms with van der Waals surface area (Å²) in [5.74, 6) is 3.98. The van der Waals surface area contributed by atoms with E-state index >= 15 is 0 Å². The maximum absolute atomic E-state index is 12.3. The second-order valence-corrected chi connectivity index (χ2v) is 8.91. The lowest BCUT2D eigenvalue weighted by Crippen LogP contribution is -2.52. The summed E-state index contributed by atoms with van der Waals surface area (Å²) in [4.78, 5) is 24.3. The predicted octanol–water partition coefficient (Wildman–Crippen LogP) is 3.78. The highest BCUT2D eigenvalue weighted by atomic mass is 16.2. The predicted molar refractivity (Wildman–Crippen MR) is 89.9 cm³/mol. The van der Waals surface area contributed by atoms with Gasteiger partial charge >= 0.3 is 0 Å². The molecule has 0 spiro atoms. The van der Waals surface area contributed by atoms with Crippen LogP contribution in [0.3, 0.4) is 0 Å². The van der Waals surface area contributed by atoms with E-state index < -0.39 is 0 Å². The van der Waals surface area contributed by atoms with Crippen molar-refractivity contribution in [2.75, 3.05) is 7.11 Å². The number of rotatable bonds is 0. The summed E-state index contributed by atoms with van der Waals surface area (Å²) in [7, 11) is 1.00. The number of carbonyl (C=O) groups is 2. The van der Waals surface area contributed by atoms with Crippen molar-refractivity contribution in [3.8, 4) is 0 Å². The SMILES string of the molecule is CC12CCC3C(CCC4(C)C(=O)CCC34)C1CCC(=O)C2.CO. The van der Waals surface area contributed by atoms with E-state index in [2.05, 4.69) is 13.8 Å². The van der Waals surface area contributed by atoms with Crippen LogP contribution in [-0.4, -0.2) is 23.8 Å². The molecule has 6 unspecified atom stereocenters. The Labute approximate surface area is 140 Å². The summed E-state index contributed by atoms with van der Waals surface area (Å²) in [6.07, 6.45) is 9.53. The van der Waals surface area contributed by atoms with Gasteiger partial charge in [0.15, 0.2) is 0 Å². The maximum Gasteiger partial charge on any atom is 0.139 e. The van der Waals surface area contributed by atoms with Gasteiger partial charge in [0.05, 0.1) is 0 Å². The van der Waals surface area contributed by atoms with Crippen LogP contribution in [0.5, 0.6) is 0 Å². The highest BCUT2D eigenvalue weighted by molar-refractivity contribution is 5.87. The molecule has 0 aliphatic heterocycles. The Morgan fingerprint density at radius 3 is 2.22 bits per heavy atom. The van der Waals surface area contributed by atoms with Crippen LogP contribution in [0.1, 0.15) is 71.6 Å². The first-order valence-electron chi connectivity index (χ1n) is 9.44. The Morgan fingerprint density at radius 1 is 0.870 bits per heavy atom. The molecular formula is C20H32O3. The Balaban J connectivity index is 0.000000753. The molecule has 0 amide bonds. The Hall–Kier alpha value is -0.700. The standard InChI is InChI=1S/C19H28O2.CH4O/c1-18-9-7-14-13(15(18)4-3-12(20)11-18)8-10-19(2)16(14)5-6-17(19)21;1-2/h13-16H,3-11H2,1-2H3;2H,1H3. The Bertz CT molecular complexity index is 499. The number of aliphatic hydroxyl groups excluding tert-OH is 1.